The van der Waals surface area contributed by atoms with Crippen LogP contribution < -0.4 is 5.32 Å². The van der Waals surface area contributed by atoms with Gasteiger partial charge in [-0.25, -0.2) is 4.79 Å². The van der Waals surface area contributed by atoms with E-state index < -0.39 is 0 Å². The number of ether oxygens (including phenoxy) is 1. The summed E-state index contributed by atoms with van der Waals surface area (Å²) < 4.78 is 5.98. The van der Waals surface area contributed by atoms with E-state index in [1.165, 1.54) is 12.8 Å². The molecule has 0 unspecified atom stereocenters. The van der Waals surface area contributed by atoms with Crippen LogP contribution in [0.4, 0.5) is 4.79 Å². The summed E-state index contributed by atoms with van der Waals surface area (Å²) in [6, 6.07) is 10.1. The number of carbonyl (C=O) groups is 1. The first-order valence-electron chi connectivity index (χ1n) is 9.98. The number of pyridine rings is 1. The molecular formula is C21H28N4O2. The first-order valence-corrected chi connectivity index (χ1v) is 9.98. The smallest absolute Gasteiger partial charge is 0.317 e. The maximum absolute atomic E-state index is 12.7. The van der Waals surface area contributed by atoms with Crippen LogP contribution in [0.2, 0.25) is 0 Å². The van der Waals surface area contributed by atoms with Crippen molar-refractivity contribution in [2.45, 2.75) is 31.9 Å². The largest absolute Gasteiger partial charge is 0.375 e. The van der Waals surface area contributed by atoms with Gasteiger partial charge in [-0.1, -0.05) is 18.2 Å². The van der Waals surface area contributed by atoms with Crippen molar-refractivity contribution in [1.29, 1.82) is 0 Å². The zero-order valence-corrected chi connectivity index (χ0v) is 15.8. The van der Waals surface area contributed by atoms with E-state index >= 15 is 0 Å². The lowest BCUT2D eigenvalue weighted by Crippen LogP contribution is -2.45. The number of carbonyl (C=O) groups excluding carboxylic acids is 1. The summed E-state index contributed by atoms with van der Waals surface area (Å²) >= 11 is 0. The van der Waals surface area contributed by atoms with Gasteiger partial charge in [0.2, 0.25) is 0 Å². The van der Waals surface area contributed by atoms with Gasteiger partial charge < -0.3 is 19.9 Å². The Morgan fingerprint density at radius 1 is 1.19 bits per heavy atom. The molecule has 144 valence electrons. The molecule has 0 radical (unpaired) electrons. The average Bonchev–Trinajstić information content (AvgIpc) is 3.09. The Morgan fingerprint density at radius 3 is 2.93 bits per heavy atom. The second-order valence-corrected chi connectivity index (χ2v) is 7.50. The van der Waals surface area contributed by atoms with E-state index in [4.69, 9.17) is 4.74 Å². The molecule has 0 bridgehead atoms. The molecule has 1 aromatic heterocycles. The zero-order valence-electron chi connectivity index (χ0n) is 15.8. The van der Waals surface area contributed by atoms with Crippen molar-refractivity contribution in [2.24, 2.45) is 0 Å². The van der Waals surface area contributed by atoms with E-state index in [0.717, 1.165) is 55.7 Å². The lowest BCUT2D eigenvalue weighted by Gasteiger charge is -2.27. The molecule has 1 N–H and O–H groups in total. The molecule has 4 rings (SSSR count). The highest BCUT2D eigenvalue weighted by Crippen LogP contribution is 2.14. The molecule has 2 aliphatic rings. The predicted octanol–water partition coefficient (Wildman–Crippen LogP) is 2.63. The fourth-order valence-corrected chi connectivity index (χ4v) is 3.95. The van der Waals surface area contributed by atoms with Crippen LogP contribution in [-0.4, -0.2) is 66.2 Å². The minimum atomic E-state index is -0.0138. The lowest BCUT2D eigenvalue weighted by atomic mass is 10.1. The van der Waals surface area contributed by atoms with E-state index in [0.29, 0.717) is 13.1 Å². The van der Waals surface area contributed by atoms with Gasteiger partial charge >= 0.3 is 6.03 Å². The summed E-state index contributed by atoms with van der Waals surface area (Å²) in [6.07, 6.45) is 5.39. The first-order chi connectivity index (χ1) is 13.3. The van der Waals surface area contributed by atoms with Crippen molar-refractivity contribution in [2.75, 3.05) is 39.3 Å². The monoisotopic (exact) mass is 368 g/mol. The third-order valence-corrected chi connectivity index (χ3v) is 5.39. The molecule has 2 saturated heterocycles. The van der Waals surface area contributed by atoms with Gasteiger partial charge in [0.15, 0.2) is 0 Å². The number of aromatic nitrogens is 1. The molecule has 2 amide bonds. The fraction of sp³-hybridized carbons (Fsp3) is 0.524. The molecule has 27 heavy (non-hydrogen) atoms. The summed E-state index contributed by atoms with van der Waals surface area (Å²) in [5.74, 6) is 0. The van der Waals surface area contributed by atoms with Gasteiger partial charge in [-0.15, -0.1) is 0 Å². The Labute approximate surface area is 160 Å². The van der Waals surface area contributed by atoms with Gasteiger partial charge in [0.25, 0.3) is 0 Å². The molecular weight excluding hydrogens is 340 g/mol. The molecule has 2 aromatic rings. The third-order valence-electron chi connectivity index (χ3n) is 5.39. The van der Waals surface area contributed by atoms with Gasteiger partial charge in [0.1, 0.15) is 0 Å². The normalized spacial score (nSPS) is 21.3. The topological polar surface area (TPSA) is 57.7 Å². The maximum atomic E-state index is 12.7. The Balaban J connectivity index is 1.33. The van der Waals surface area contributed by atoms with Crippen molar-refractivity contribution in [1.82, 2.24) is 20.1 Å². The molecule has 2 aliphatic heterocycles. The number of urea groups is 1. The minimum Gasteiger partial charge on any atom is -0.375 e. The number of benzene rings is 1. The number of nitrogens with zero attached hydrogens (tertiary/aromatic N) is 3. The van der Waals surface area contributed by atoms with Gasteiger partial charge in [-0.2, -0.15) is 0 Å². The Bertz CT molecular complexity index is 776. The summed E-state index contributed by atoms with van der Waals surface area (Å²) in [4.78, 5) is 21.5. The fourth-order valence-electron chi connectivity index (χ4n) is 3.95. The molecule has 0 aliphatic carbocycles. The van der Waals surface area contributed by atoms with Crippen molar-refractivity contribution >= 4 is 16.9 Å². The standard InChI is InChI=1S/C21H28N4O2/c26-21(23-14-17-12-18-6-1-2-7-20(18)22-13-17)25-10-5-11-27-19(16-25)15-24-8-3-4-9-24/h1-2,6-7,12-13,19H,3-5,8-11,14-16H2,(H,23,26)/t19-/m1/s1. The second kappa shape index (κ2) is 8.67. The highest BCUT2D eigenvalue weighted by molar-refractivity contribution is 5.79. The van der Waals surface area contributed by atoms with E-state index in [1.54, 1.807) is 0 Å². The van der Waals surface area contributed by atoms with Crippen molar-refractivity contribution in [3.05, 3.63) is 42.1 Å². The van der Waals surface area contributed by atoms with Crippen LogP contribution in [0.25, 0.3) is 10.9 Å². The van der Waals surface area contributed by atoms with Gasteiger partial charge in [0.05, 0.1) is 11.6 Å². The number of hydrogen-bond donors (Lipinski definition) is 1. The number of nitrogens with one attached hydrogen (secondary N) is 1. The van der Waals surface area contributed by atoms with Crippen LogP contribution in [0, 0.1) is 0 Å². The molecule has 6 nitrogen and oxygen atoms in total. The summed E-state index contributed by atoms with van der Waals surface area (Å²) in [5, 5.41) is 4.15. The summed E-state index contributed by atoms with van der Waals surface area (Å²) in [5.41, 5.74) is 1.99. The summed E-state index contributed by atoms with van der Waals surface area (Å²) in [7, 11) is 0. The highest BCUT2D eigenvalue weighted by Gasteiger charge is 2.25. The Hall–Kier alpha value is -2.18. The van der Waals surface area contributed by atoms with Crippen molar-refractivity contribution in [3.8, 4) is 0 Å². The van der Waals surface area contributed by atoms with E-state index in [1.807, 2.05) is 35.4 Å². The van der Waals surface area contributed by atoms with Crippen LogP contribution in [0.3, 0.4) is 0 Å². The van der Waals surface area contributed by atoms with Gasteiger partial charge in [-0.3, -0.25) is 4.98 Å². The lowest BCUT2D eigenvalue weighted by molar-refractivity contribution is 0.0349. The molecule has 3 heterocycles. The first kappa shape index (κ1) is 18.2. The molecule has 0 saturated carbocycles. The Kier molecular flexibility index (Phi) is 5.84. The molecule has 6 heteroatoms. The van der Waals surface area contributed by atoms with E-state index in [9.17, 15) is 4.79 Å². The molecule has 1 aromatic carbocycles. The highest BCUT2D eigenvalue weighted by atomic mass is 16.5. The molecule has 0 spiro atoms. The van der Waals surface area contributed by atoms with E-state index in [2.05, 4.69) is 21.3 Å². The summed E-state index contributed by atoms with van der Waals surface area (Å²) in [6.45, 7) is 5.87. The number of likely N-dealkylation sites (tertiary alicyclic amines) is 1. The van der Waals surface area contributed by atoms with Crippen LogP contribution in [0.1, 0.15) is 24.8 Å². The van der Waals surface area contributed by atoms with Crippen LogP contribution >= 0.6 is 0 Å². The third kappa shape index (κ3) is 4.76. The van der Waals surface area contributed by atoms with Crippen LogP contribution in [0.15, 0.2) is 36.5 Å². The van der Waals surface area contributed by atoms with Crippen molar-refractivity contribution in [3.63, 3.8) is 0 Å². The quantitative estimate of drug-likeness (QED) is 0.901. The number of para-hydroxylation sites is 1. The Morgan fingerprint density at radius 2 is 2.04 bits per heavy atom. The minimum absolute atomic E-state index is 0.0138. The predicted molar refractivity (Wildman–Crippen MR) is 106 cm³/mol. The average molecular weight is 368 g/mol. The number of hydrogen-bond acceptors (Lipinski definition) is 4. The van der Waals surface area contributed by atoms with E-state index in [-0.39, 0.29) is 12.1 Å². The number of amides is 2. The van der Waals surface area contributed by atoms with Gasteiger partial charge in [0, 0.05) is 44.4 Å². The number of rotatable bonds is 4. The second-order valence-electron chi connectivity index (χ2n) is 7.50. The maximum Gasteiger partial charge on any atom is 0.317 e. The van der Waals surface area contributed by atoms with Crippen molar-refractivity contribution < 1.29 is 9.53 Å². The molecule has 2 fully saturated rings. The molecule has 1 atom stereocenters. The zero-order chi connectivity index (χ0) is 18.5. The SMILES string of the molecule is O=C(NCc1cnc2ccccc2c1)N1CCCO[C@H](CN2CCCC2)C1. The van der Waals surface area contributed by atoms with Gasteiger partial charge in [-0.05, 0) is 50.0 Å². The van der Waals surface area contributed by atoms with Crippen LogP contribution in [0.5, 0.6) is 0 Å². The number of fused-ring (bicyclic) bond motifs is 1. The van der Waals surface area contributed by atoms with Crippen LogP contribution in [-0.2, 0) is 11.3 Å².